The number of hydrogen-bond donors (Lipinski definition) is 0. The average Bonchev–Trinajstić information content (AvgIpc) is 2.83. The van der Waals surface area contributed by atoms with Crippen LogP contribution in [0.3, 0.4) is 0 Å². The predicted molar refractivity (Wildman–Crippen MR) is 95.5 cm³/mol. The van der Waals surface area contributed by atoms with E-state index in [0.29, 0.717) is 54.2 Å². The summed E-state index contributed by atoms with van der Waals surface area (Å²) in [5.74, 6) is -0.444. The maximum atomic E-state index is 13.1. The molecule has 3 rings (SSSR count). The van der Waals surface area contributed by atoms with Crippen molar-refractivity contribution in [3.05, 3.63) is 51.0 Å². The van der Waals surface area contributed by atoms with Crippen molar-refractivity contribution in [2.75, 3.05) is 26.2 Å². The summed E-state index contributed by atoms with van der Waals surface area (Å²) in [7, 11) is 1.72. The number of aromatic nitrogens is 2. The molecule has 0 radical (unpaired) electrons. The number of benzene rings is 1. The molecule has 0 N–H and O–H groups in total. The highest BCUT2D eigenvalue weighted by Gasteiger charge is 2.27. The summed E-state index contributed by atoms with van der Waals surface area (Å²) in [5, 5.41) is 5.03. The van der Waals surface area contributed by atoms with Crippen molar-refractivity contribution in [1.82, 2.24) is 19.6 Å². The lowest BCUT2D eigenvalue weighted by Gasteiger charge is -2.34. The van der Waals surface area contributed by atoms with Gasteiger partial charge in [-0.15, -0.1) is 0 Å². The minimum Gasteiger partial charge on any atom is -0.335 e. The van der Waals surface area contributed by atoms with Gasteiger partial charge in [0.15, 0.2) is 0 Å². The summed E-state index contributed by atoms with van der Waals surface area (Å²) in [6.07, 6.45) is 0. The van der Waals surface area contributed by atoms with E-state index < -0.39 is 0 Å². The van der Waals surface area contributed by atoms with Crippen LogP contribution < -0.4 is 0 Å². The van der Waals surface area contributed by atoms with Crippen molar-refractivity contribution >= 4 is 29.1 Å². The summed E-state index contributed by atoms with van der Waals surface area (Å²) >= 11 is 12.3. The van der Waals surface area contributed by atoms with Gasteiger partial charge in [-0.25, -0.2) is 4.39 Å². The molecular weight excluding hydrogens is 366 g/mol. The van der Waals surface area contributed by atoms with Crippen LogP contribution in [0.5, 0.6) is 0 Å². The van der Waals surface area contributed by atoms with Gasteiger partial charge in [-0.3, -0.25) is 14.4 Å². The quantitative estimate of drug-likeness (QED) is 0.815. The second-order valence-electron chi connectivity index (χ2n) is 6.18. The second-order valence-corrected chi connectivity index (χ2v) is 6.96. The Balaban J connectivity index is 1.62. The van der Waals surface area contributed by atoms with Gasteiger partial charge in [0.05, 0.1) is 10.7 Å². The first-order valence-electron chi connectivity index (χ1n) is 8.01. The van der Waals surface area contributed by atoms with Gasteiger partial charge in [0.2, 0.25) is 0 Å². The molecule has 0 saturated carbocycles. The zero-order chi connectivity index (χ0) is 18.1. The Bertz CT molecular complexity index is 800. The molecule has 1 saturated heterocycles. The Morgan fingerprint density at radius 3 is 2.48 bits per heavy atom. The molecule has 2 aromatic rings. The number of rotatable bonds is 3. The van der Waals surface area contributed by atoms with Crippen LogP contribution in [0.25, 0.3) is 0 Å². The normalized spacial score (nSPS) is 15.6. The van der Waals surface area contributed by atoms with Crippen molar-refractivity contribution in [2.45, 2.75) is 13.5 Å². The van der Waals surface area contributed by atoms with E-state index >= 15 is 0 Å². The largest absolute Gasteiger partial charge is 0.335 e. The van der Waals surface area contributed by atoms with E-state index in [1.807, 2.05) is 0 Å². The second kappa shape index (κ2) is 7.32. The van der Waals surface area contributed by atoms with E-state index in [1.54, 1.807) is 24.9 Å². The number of carbonyl (C=O) groups excluding carboxylic acids is 1. The van der Waals surface area contributed by atoms with Gasteiger partial charge in [-0.2, -0.15) is 5.10 Å². The highest BCUT2D eigenvalue weighted by Crippen LogP contribution is 2.23. The van der Waals surface area contributed by atoms with Crippen LogP contribution in [0.15, 0.2) is 18.2 Å². The average molecular weight is 385 g/mol. The Morgan fingerprint density at radius 2 is 1.92 bits per heavy atom. The monoisotopic (exact) mass is 384 g/mol. The Morgan fingerprint density at radius 1 is 1.24 bits per heavy atom. The lowest BCUT2D eigenvalue weighted by molar-refractivity contribution is 0.0618. The number of piperazine rings is 1. The van der Waals surface area contributed by atoms with E-state index in [4.69, 9.17) is 23.2 Å². The van der Waals surface area contributed by atoms with Crippen LogP contribution in [0.1, 0.15) is 21.7 Å². The van der Waals surface area contributed by atoms with Crippen LogP contribution in [0.2, 0.25) is 10.0 Å². The lowest BCUT2D eigenvalue weighted by Crippen LogP contribution is -2.48. The molecule has 1 fully saturated rings. The van der Waals surface area contributed by atoms with Gasteiger partial charge in [0, 0.05) is 44.8 Å². The third kappa shape index (κ3) is 3.81. The minimum absolute atomic E-state index is 0.104. The first-order valence-corrected chi connectivity index (χ1v) is 8.77. The van der Waals surface area contributed by atoms with E-state index in [-0.39, 0.29) is 11.7 Å². The third-order valence-electron chi connectivity index (χ3n) is 4.42. The molecule has 25 heavy (non-hydrogen) atoms. The van der Waals surface area contributed by atoms with Crippen LogP contribution in [0, 0.1) is 12.7 Å². The fourth-order valence-corrected chi connectivity index (χ4v) is 3.48. The topological polar surface area (TPSA) is 41.4 Å². The molecule has 2 heterocycles. The highest BCUT2D eigenvalue weighted by atomic mass is 35.5. The Hall–Kier alpha value is -1.63. The fraction of sp³-hybridized carbons (Fsp3) is 0.412. The van der Waals surface area contributed by atoms with E-state index in [0.717, 1.165) is 5.56 Å². The Labute approximate surface area is 155 Å². The van der Waals surface area contributed by atoms with Crippen LogP contribution >= 0.6 is 23.2 Å². The summed E-state index contributed by atoms with van der Waals surface area (Å²) in [5.41, 5.74) is 1.96. The molecule has 5 nitrogen and oxygen atoms in total. The molecule has 134 valence electrons. The van der Waals surface area contributed by atoms with Gasteiger partial charge in [-0.1, -0.05) is 29.3 Å². The molecular formula is C17H19Cl2FN4O. The summed E-state index contributed by atoms with van der Waals surface area (Å²) < 4.78 is 14.7. The number of aryl methyl sites for hydroxylation is 2. The molecule has 0 aliphatic carbocycles. The zero-order valence-corrected chi connectivity index (χ0v) is 15.6. The molecule has 1 aromatic heterocycles. The summed E-state index contributed by atoms with van der Waals surface area (Å²) in [6.45, 7) is 5.04. The molecule has 8 heteroatoms. The van der Waals surface area contributed by atoms with Gasteiger partial charge >= 0.3 is 0 Å². The molecule has 0 atom stereocenters. The lowest BCUT2D eigenvalue weighted by atomic mass is 10.2. The van der Waals surface area contributed by atoms with Crippen LogP contribution in [0.4, 0.5) is 4.39 Å². The minimum atomic E-state index is -0.340. The van der Waals surface area contributed by atoms with Crippen molar-refractivity contribution in [1.29, 1.82) is 0 Å². The molecule has 1 aliphatic heterocycles. The van der Waals surface area contributed by atoms with Gasteiger partial charge in [0.1, 0.15) is 11.5 Å². The maximum Gasteiger partial charge on any atom is 0.273 e. The van der Waals surface area contributed by atoms with Crippen molar-refractivity contribution in [3.8, 4) is 0 Å². The molecule has 0 spiro atoms. The van der Waals surface area contributed by atoms with Crippen molar-refractivity contribution in [2.24, 2.45) is 7.05 Å². The molecule has 0 bridgehead atoms. The molecule has 1 amide bonds. The highest BCUT2D eigenvalue weighted by molar-refractivity contribution is 6.34. The number of amides is 1. The first-order chi connectivity index (χ1) is 11.9. The van der Waals surface area contributed by atoms with Crippen molar-refractivity contribution in [3.63, 3.8) is 0 Å². The first kappa shape index (κ1) is 18.2. The molecule has 0 unspecified atom stereocenters. The summed E-state index contributed by atoms with van der Waals surface area (Å²) in [4.78, 5) is 16.7. The maximum absolute atomic E-state index is 13.1. The molecule has 1 aliphatic rings. The number of carbonyl (C=O) groups is 1. The van der Waals surface area contributed by atoms with Gasteiger partial charge < -0.3 is 4.90 Å². The van der Waals surface area contributed by atoms with E-state index in [9.17, 15) is 9.18 Å². The third-order valence-corrected chi connectivity index (χ3v) is 5.22. The predicted octanol–water partition coefficient (Wildman–Crippen LogP) is 3.13. The van der Waals surface area contributed by atoms with E-state index in [2.05, 4.69) is 10.00 Å². The fourth-order valence-electron chi connectivity index (χ4n) is 3.01. The smallest absolute Gasteiger partial charge is 0.273 e. The van der Waals surface area contributed by atoms with Crippen LogP contribution in [-0.2, 0) is 13.6 Å². The van der Waals surface area contributed by atoms with Crippen molar-refractivity contribution < 1.29 is 9.18 Å². The van der Waals surface area contributed by atoms with Crippen LogP contribution in [-0.4, -0.2) is 51.7 Å². The Kier molecular flexibility index (Phi) is 5.32. The van der Waals surface area contributed by atoms with Gasteiger partial charge in [0.25, 0.3) is 5.91 Å². The number of hydrogen-bond acceptors (Lipinski definition) is 3. The number of halogens is 3. The zero-order valence-electron chi connectivity index (χ0n) is 14.1. The standard InChI is InChI=1S/C17H19Cl2FN4O/c1-11-15(19)16(22(2)21-11)17(25)24-7-5-23(6-8-24)10-12-3-4-13(20)9-14(12)18/h3-4,9H,5-8,10H2,1-2H3. The number of nitrogens with zero attached hydrogens (tertiary/aromatic N) is 4. The van der Waals surface area contributed by atoms with Gasteiger partial charge in [-0.05, 0) is 24.6 Å². The SMILES string of the molecule is Cc1nn(C)c(C(=O)N2CCN(Cc3ccc(F)cc3Cl)CC2)c1Cl. The molecule has 1 aromatic carbocycles. The summed E-state index contributed by atoms with van der Waals surface area (Å²) in [6, 6.07) is 4.44. The van der Waals surface area contributed by atoms with E-state index in [1.165, 1.54) is 16.8 Å².